The molecular formula is C26H27N3O2. The molecule has 1 N–H and O–H groups in total. The summed E-state index contributed by atoms with van der Waals surface area (Å²) in [7, 11) is 0. The number of nitrogens with zero attached hydrogens (tertiary/aromatic N) is 2. The zero-order valence-electron chi connectivity index (χ0n) is 17.6. The van der Waals surface area contributed by atoms with Gasteiger partial charge < -0.3 is 10.2 Å². The number of hydrogen-bond acceptors (Lipinski definition) is 3. The molecule has 1 saturated heterocycles. The minimum atomic E-state index is 0.0242. The van der Waals surface area contributed by atoms with Crippen LogP contribution in [0.5, 0.6) is 0 Å². The van der Waals surface area contributed by atoms with Crippen LogP contribution in [0.25, 0.3) is 10.8 Å². The van der Waals surface area contributed by atoms with E-state index >= 15 is 0 Å². The van der Waals surface area contributed by atoms with Gasteiger partial charge in [-0.3, -0.25) is 14.5 Å². The number of benzene rings is 3. The number of carbonyl (C=O) groups is 2. The zero-order valence-corrected chi connectivity index (χ0v) is 17.6. The molecule has 0 saturated carbocycles. The summed E-state index contributed by atoms with van der Waals surface area (Å²) in [6, 6.07) is 20.4. The molecule has 0 aromatic heterocycles. The van der Waals surface area contributed by atoms with E-state index in [9.17, 15) is 9.59 Å². The van der Waals surface area contributed by atoms with Gasteiger partial charge in [-0.1, -0.05) is 54.6 Å². The third-order valence-corrected chi connectivity index (χ3v) is 6.47. The van der Waals surface area contributed by atoms with Crippen molar-refractivity contribution < 1.29 is 9.59 Å². The summed E-state index contributed by atoms with van der Waals surface area (Å²) in [5.74, 6) is 0.125. The Kier molecular flexibility index (Phi) is 5.43. The lowest BCUT2D eigenvalue weighted by atomic mass is 9.99. The molecular weight excluding hydrogens is 386 g/mol. The maximum atomic E-state index is 13.3. The highest BCUT2D eigenvalue weighted by Gasteiger charge is 2.26. The Morgan fingerprint density at radius 3 is 2.32 bits per heavy atom. The average molecular weight is 414 g/mol. The van der Waals surface area contributed by atoms with E-state index in [-0.39, 0.29) is 11.8 Å². The molecule has 0 radical (unpaired) electrons. The van der Waals surface area contributed by atoms with Crippen LogP contribution < -0.4 is 5.32 Å². The predicted octanol–water partition coefficient (Wildman–Crippen LogP) is 3.01. The molecule has 1 aliphatic carbocycles. The molecule has 0 unspecified atom stereocenters. The van der Waals surface area contributed by atoms with Crippen LogP contribution in [0.4, 0.5) is 0 Å². The van der Waals surface area contributed by atoms with Crippen LogP contribution in [-0.2, 0) is 24.2 Å². The molecule has 5 rings (SSSR count). The van der Waals surface area contributed by atoms with E-state index in [1.165, 1.54) is 16.5 Å². The molecule has 1 aliphatic heterocycles. The van der Waals surface area contributed by atoms with Gasteiger partial charge in [-0.05, 0) is 46.4 Å². The van der Waals surface area contributed by atoms with Gasteiger partial charge in [0.2, 0.25) is 5.91 Å². The summed E-state index contributed by atoms with van der Waals surface area (Å²) in [6.45, 7) is 3.64. The maximum absolute atomic E-state index is 13.3. The summed E-state index contributed by atoms with van der Waals surface area (Å²) >= 11 is 0. The predicted molar refractivity (Wildman–Crippen MR) is 122 cm³/mol. The lowest BCUT2D eigenvalue weighted by Gasteiger charge is -2.34. The van der Waals surface area contributed by atoms with Crippen molar-refractivity contribution in [1.29, 1.82) is 0 Å². The minimum absolute atomic E-state index is 0.0242. The number of hydrogen-bond donors (Lipinski definition) is 1. The van der Waals surface area contributed by atoms with Crippen LogP contribution >= 0.6 is 0 Å². The standard InChI is InChI=1S/C26H27N3O2/c30-24(27-17-19-5-2-1-3-6-19)18-28-13-15-29(16-14-28)26(31)23-12-11-21-10-9-20-7-4-8-22(23)25(20)21/h1-8,11-12H,9-10,13-18H2,(H,27,30). The van der Waals surface area contributed by atoms with Crippen LogP contribution in [0, 0.1) is 0 Å². The first-order valence-corrected chi connectivity index (χ1v) is 11.0. The van der Waals surface area contributed by atoms with Gasteiger partial charge in [0.15, 0.2) is 0 Å². The molecule has 0 atom stereocenters. The van der Waals surface area contributed by atoms with Gasteiger partial charge in [0.25, 0.3) is 5.91 Å². The molecule has 2 aliphatic rings. The molecule has 3 aromatic rings. The number of aryl methyl sites for hydroxylation is 2. The minimum Gasteiger partial charge on any atom is -0.351 e. The van der Waals surface area contributed by atoms with Crippen molar-refractivity contribution in [2.45, 2.75) is 19.4 Å². The summed E-state index contributed by atoms with van der Waals surface area (Å²) < 4.78 is 0. The van der Waals surface area contributed by atoms with Crippen molar-refractivity contribution in [3.8, 4) is 0 Å². The van der Waals surface area contributed by atoms with Gasteiger partial charge in [0.1, 0.15) is 0 Å². The molecule has 3 aromatic carbocycles. The number of amides is 2. The van der Waals surface area contributed by atoms with E-state index in [0.29, 0.717) is 39.3 Å². The fraction of sp³-hybridized carbons (Fsp3) is 0.308. The zero-order chi connectivity index (χ0) is 21.2. The van der Waals surface area contributed by atoms with E-state index in [1.807, 2.05) is 41.3 Å². The SMILES string of the molecule is O=C(CN1CCN(C(=O)c2ccc3c4c(cccc24)CC3)CC1)NCc1ccccc1. The van der Waals surface area contributed by atoms with Crippen LogP contribution in [0.3, 0.4) is 0 Å². The van der Waals surface area contributed by atoms with Gasteiger partial charge in [-0.25, -0.2) is 0 Å². The van der Waals surface area contributed by atoms with Gasteiger partial charge >= 0.3 is 0 Å². The molecule has 5 nitrogen and oxygen atoms in total. The first-order chi connectivity index (χ1) is 15.2. The van der Waals surface area contributed by atoms with Crippen LogP contribution in [0.1, 0.15) is 27.0 Å². The summed E-state index contributed by atoms with van der Waals surface area (Å²) in [5.41, 5.74) is 4.61. The fourth-order valence-electron chi connectivity index (χ4n) is 4.77. The second-order valence-electron chi connectivity index (χ2n) is 8.44. The van der Waals surface area contributed by atoms with E-state index in [1.54, 1.807) is 0 Å². The van der Waals surface area contributed by atoms with Gasteiger partial charge in [-0.15, -0.1) is 0 Å². The lowest BCUT2D eigenvalue weighted by molar-refractivity contribution is -0.122. The highest BCUT2D eigenvalue weighted by atomic mass is 16.2. The molecule has 0 spiro atoms. The quantitative estimate of drug-likeness (QED) is 0.700. The van der Waals surface area contributed by atoms with Crippen molar-refractivity contribution in [1.82, 2.24) is 15.1 Å². The molecule has 1 fully saturated rings. The van der Waals surface area contributed by atoms with E-state index in [2.05, 4.69) is 34.5 Å². The highest BCUT2D eigenvalue weighted by molar-refractivity contribution is 6.09. The highest BCUT2D eigenvalue weighted by Crippen LogP contribution is 2.33. The number of rotatable bonds is 5. The number of carbonyl (C=O) groups excluding carboxylic acids is 2. The van der Waals surface area contributed by atoms with Crippen LogP contribution in [0.2, 0.25) is 0 Å². The Bertz CT molecular complexity index is 1110. The Morgan fingerprint density at radius 2 is 1.55 bits per heavy atom. The molecule has 31 heavy (non-hydrogen) atoms. The number of nitrogens with one attached hydrogen (secondary N) is 1. The second-order valence-corrected chi connectivity index (χ2v) is 8.44. The summed E-state index contributed by atoms with van der Waals surface area (Å²) in [6.07, 6.45) is 2.13. The van der Waals surface area contributed by atoms with E-state index in [0.717, 1.165) is 29.4 Å². The largest absolute Gasteiger partial charge is 0.351 e. The normalized spacial score (nSPS) is 15.9. The molecule has 158 valence electrons. The molecule has 1 heterocycles. The third-order valence-electron chi connectivity index (χ3n) is 6.47. The van der Waals surface area contributed by atoms with Crippen molar-refractivity contribution in [2.24, 2.45) is 0 Å². The maximum Gasteiger partial charge on any atom is 0.254 e. The smallest absolute Gasteiger partial charge is 0.254 e. The third kappa shape index (κ3) is 4.06. The topological polar surface area (TPSA) is 52.7 Å². The Morgan fingerprint density at radius 1 is 0.806 bits per heavy atom. The van der Waals surface area contributed by atoms with Gasteiger partial charge in [-0.2, -0.15) is 0 Å². The Labute approximate surface area is 182 Å². The van der Waals surface area contributed by atoms with Gasteiger partial charge in [0.05, 0.1) is 6.54 Å². The molecule has 5 heteroatoms. The van der Waals surface area contributed by atoms with Crippen LogP contribution in [-0.4, -0.2) is 54.3 Å². The van der Waals surface area contributed by atoms with Crippen molar-refractivity contribution in [2.75, 3.05) is 32.7 Å². The number of piperazine rings is 1. The first-order valence-electron chi connectivity index (χ1n) is 11.0. The van der Waals surface area contributed by atoms with E-state index in [4.69, 9.17) is 0 Å². The first kappa shape index (κ1) is 19.8. The summed E-state index contributed by atoms with van der Waals surface area (Å²) in [5, 5.41) is 5.34. The van der Waals surface area contributed by atoms with E-state index < -0.39 is 0 Å². The average Bonchev–Trinajstić information content (AvgIpc) is 3.24. The molecule has 0 bridgehead atoms. The lowest BCUT2D eigenvalue weighted by Crippen LogP contribution is -2.51. The fourth-order valence-corrected chi connectivity index (χ4v) is 4.77. The molecule has 2 amide bonds. The Hall–Kier alpha value is -3.18. The van der Waals surface area contributed by atoms with Crippen molar-refractivity contribution in [3.05, 3.63) is 82.9 Å². The second kappa shape index (κ2) is 8.52. The summed E-state index contributed by atoms with van der Waals surface area (Å²) in [4.78, 5) is 29.6. The monoisotopic (exact) mass is 413 g/mol. The van der Waals surface area contributed by atoms with Crippen molar-refractivity contribution in [3.63, 3.8) is 0 Å². The van der Waals surface area contributed by atoms with Crippen molar-refractivity contribution >= 4 is 22.6 Å². The Balaban J connectivity index is 1.18. The van der Waals surface area contributed by atoms with Crippen LogP contribution in [0.15, 0.2) is 60.7 Å². The van der Waals surface area contributed by atoms with Gasteiger partial charge in [0, 0.05) is 38.3 Å².